The standard InChI is InChI=1S/C13H6BrClF2N2S/c14-7-4-6(16)5-9(17)11(7)19-13-18-10-3-1-2-8(15)12(10)20-13/h1-5H,(H,18,19). The van der Waals surface area contributed by atoms with Gasteiger partial charge in [0.05, 0.1) is 20.9 Å². The van der Waals surface area contributed by atoms with Crippen LogP contribution in [0.15, 0.2) is 34.8 Å². The van der Waals surface area contributed by atoms with Gasteiger partial charge in [-0.15, -0.1) is 0 Å². The van der Waals surface area contributed by atoms with Crippen molar-refractivity contribution in [1.82, 2.24) is 4.98 Å². The van der Waals surface area contributed by atoms with Crippen molar-refractivity contribution in [3.05, 3.63) is 51.5 Å². The molecule has 102 valence electrons. The van der Waals surface area contributed by atoms with Crippen LogP contribution in [0.4, 0.5) is 19.6 Å². The van der Waals surface area contributed by atoms with E-state index in [0.29, 0.717) is 14.6 Å². The van der Waals surface area contributed by atoms with Gasteiger partial charge < -0.3 is 5.32 Å². The molecular weight excluding hydrogens is 370 g/mol. The molecule has 0 aliphatic heterocycles. The SMILES string of the molecule is Fc1cc(F)c(Nc2nc3cccc(Cl)c3s2)c(Br)c1. The van der Waals surface area contributed by atoms with Crippen LogP contribution in [0.1, 0.15) is 0 Å². The lowest BCUT2D eigenvalue weighted by Crippen LogP contribution is -1.95. The molecule has 1 heterocycles. The van der Waals surface area contributed by atoms with Gasteiger partial charge in [0.1, 0.15) is 5.82 Å². The van der Waals surface area contributed by atoms with Crippen molar-refractivity contribution in [3.63, 3.8) is 0 Å². The Labute approximate surface area is 130 Å². The summed E-state index contributed by atoms with van der Waals surface area (Å²) in [4.78, 5) is 4.32. The molecule has 7 heteroatoms. The second kappa shape index (κ2) is 5.27. The van der Waals surface area contributed by atoms with E-state index in [2.05, 4.69) is 26.2 Å². The zero-order valence-electron chi connectivity index (χ0n) is 9.75. The largest absolute Gasteiger partial charge is 0.328 e. The number of halogens is 4. The number of rotatable bonds is 2. The van der Waals surface area contributed by atoms with E-state index in [9.17, 15) is 8.78 Å². The first-order valence-corrected chi connectivity index (χ1v) is 7.50. The van der Waals surface area contributed by atoms with Gasteiger partial charge in [0.15, 0.2) is 10.9 Å². The number of fused-ring (bicyclic) bond motifs is 1. The van der Waals surface area contributed by atoms with E-state index in [4.69, 9.17) is 11.6 Å². The molecule has 2 nitrogen and oxygen atoms in total. The van der Waals surface area contributed by atoms with E-state index < -0.39 is 11.6 Å². The van der Waals surface area contributed by atoms with Gasteiger partial charge in [-0.25, -0.2) is 13.8 Å². The fourth-order valence-corrected chi connectivity index (χ4v) is 3.40. The number of hydrogen-bond acceptors (Lipinski definition) is 3. The van der Waals surface area contributed by atoms with E-state index in [0.717, 1.165) is 16.3 Å². The molecule has 1 aromatic heterocycles. The maximum Gasteiger partial charge on any atom is 0.188 e. The lowest BCUT2D eigenvalue weighted by Gasteiger charge is -2.06. The van der Waals surface area contributed by atoms with Crippen molar-refractivity contribution >= 4 is 59.9 Å². The molecule has 0 unspecified atom stereocenters. The van der Waals surface area contributed by atoms with E-state index in [-0.39, 0.29) is 5.69 Å². The molecule has 0 amide bonds. The van der Waals surface area contributed by atoms with Crippen LogP contribution in [0, 0.1) is 11.6 Å². The lowest BCUT2D eigenvalue weighted by atomic mass is 10.3. The monoisotopic (exact) mass is 374 g/mol. The molecule has 0 spiro atoms. The number of thiazole rings is 1. The zero-order valence-corrected chi connectivity index (χ0v) is 12.9. The van der Waals surface area contributed by atoms with Crippen LogP contribution in [0.3, 0.4) is 0 Å². The highest BCUT2D eigenvalue weighted by molar-refractivity contribution is 9.10. The number of benzene rings is 2. The molecule has 20 heavy (non-hydrogen) atoms. The number of hydrogen-bond donors (Lipinski definition) is 1. The Morgan fingerprint density at radius 1 is 1.25 bits per heavy atom. The molecule has 2 aromatic carbocycles. The van der Waals surface area contributed by atoms with Crippen LogP contribution in [-0.2, 0) is 0 Å². The third-order valence-electron chi connectivity index (χ3n) is 2.61. The summed E-state index contributed by atoms with van der Waals surface area (Å²) < 4.78 is 27.9. The van der Waals surface area contributed by atoms with Crippen LogP contribution in [-0.4, -0.2) is 4.98 Å². The molecule has 0 fully saturated rings. The lowest BCUT2D eigenvalue weighted by molar-refractivity contribution is 0.584. The molecule has 0 saturated heterocycles. The van der Waals surface area contributed by atoms with Crippen molar-refractivity contribution in [2.75, 3.05) is 5.32 Å². The third-order valence-corrected chi connectivity index (χ3v) is 4.68. The highest BCUT2D eigenvalue weighted by atomic mass is 79.9. The summed E-state index contributed by atoms with van der Waals surface area (Å²) in [5, 5.41) is 3.92. The summed E-state index contributed by atoms with van der Waals surface area (Å²) >= 11 is 10.5. The van der Waals surface area contributed by atoms with Crippen molar-refractivity contribution in [2.24, 2.45) is 0 Å². The number of anilines is 2. The maximum atomic E-state index is 13.8. The fraction of sp³-hybridized carbons (Fsp3) is 0. The third kappa shape index (κ3) is 2.51. The van der Waals surface area contributed by atoms with Gasteiger partial charge in [0.2, 0.25) is 0 Å². The average Bonchev–Trinajstić information content (AvgIpc) is 2.78. The predicted molar refractivity (Wildman–Crippen MR) is 82.0 cm³/mol. The minimum Gasteiger partial charge on any atom is -0.328 e. The van der Waals surface area contributed by atoms with Crippen molar-refractivity contribution in [3.8, 4) is 0 Å². The smallest absolute Gasteiger partial charge is 0.188 e. The van der Waals surface area contributed by atoms with E-state index in [1.165, 1.54) is 17.4 Å². The van der Waals surface area contributed by atoms with Crippen molar-refractivity contribution in [1.29, 1.82) is 0 Å². The van der Waals surface area contributed by atoms with E-state index in [1.807, 2.05) is 6.07 Å². The Bertz CT molecular complexity index is 783. The fourth-order valence-electron chi connectivity index (χ4n) is 1.74. The van der Waals surface area contributed by atoms with Crippen LogP contribution in [0.5, 0.6) is 0 Å². The summed E-state index contributed by atoms with van der Waals surface area (Å²) in [6, 6.07) is 7.38. The Kier molecular flexibility index (Phi) is 3.62. The molecule has 0 bridgehead atoms. The Hall–Kier alpha value is -1.24. The molecular formula is C13H6BrClF2N2S. The van der Waals surface area contributed by atoms with Gasteiger partial charge >= 0.3 is 0 Å². The average molecular weight is 376 g/mol. The summed E-state index contributed by atoms with van der Waals surface area (Å²) in [7, 11) is 0. The first-order chi connectivity index (χ1) is 9.54. The maximum absolute atomic E-state index is 13.8. The molecule has 3 aromatic rings. The van der Waals surface area contributed by atoms with Gasteiger partial charge in [-0.05, 0) is 34.1 Å². The van der Waals surface area contributed by atoms with Gasteiger partial charge in [-0.2, -0.15) is 0 Å². The van der Waals surface area contributed by atoms with Crippen molar-refractivity contribution in [2.45, 2.75) is 0 Å². The van der Waals surface area contributed by atoms with Crippen molar-refractivity contribution < 1.29 is 8.78 Å². The second-order valence-corrected chi connectivity index (χ2v) is 6.24. The minimum absolute atomic E-state index is 0.140. The molecule has 0 aliphatic carbocycles. The molecule has 0 aliphatic rings. The molecule has 3 rings (SSSR count). The van der Waals surface area contributed by atoms with Crippen LogP contribution < -0.4 is 5.32 Å². The first-order valence-electron chi connectivity index (χ1n) is 5.51. The quantitative estimate of drug-likeness (QED) is 0.618. The number of nitrogens with zero attached hydrogens (tertiary/aromatic N) is 1. The Balaban J connectivity index is 2.04. The predicted octanol–water partition coefficient (Wildman–Crippen LogP) is 5.73. The van der Waals surface area contributed by atoms with Gasteiger partial charge in [0.25, 0.3) is 0 Å². The minimum atomic E-state index is -0.692. The summed E-state index contributed by atoms with van der Waals surface area (Å²) in [6.07, 6.45) is 0. The summed E-state index contributed by atoms with van der Waals surface area (Å²) in [5.74, 6) is -1.34. The molecule has 0 saturated carbocycles. The number of nitrogens with one attached hydrogen (secondary N) is 1. The van der Waals surface area contributed by atoms with Gasteiger partial charge in [0, 0.05) is 10.5 Å². The van der Waals surface area contributed by atoms with Crippen LogP contribution in [0.2, 0.25) is 5.02 Å². The molecule has 0 radical (unpaired) electrons. The molecule has 1 N–H and O–H groups in total. The Morgan fingerprint density at radius 3 is 2.75 bits per heavy atom. The van der Waals surface area contributed by atoms with Crippen LogP contribution >= 0.6 is 38.9 Å². The molecule has 0 atom stereocenters. The van der Waals surface area contributed by atoms with Crippen LogP contribution in [0.25, 0.3) is 10.2 Å². The van der Waals surface area contributed by atoms with E-state index >= 15 is 0 Å². The highest BCUT2D eigenvalue weighted by Crippen LogP contribution is 2.35. The summed E-state index contributed by atoms with van der Waals surface area (Å²) in [6.45, 7) is 0. The number of aromatic nitrogens is 1. The summed E-state index contributed by atoms with van der Waals surface area (Å²) in [5.41, 5.74) is 0.866. The first kappa shape index (κ1) is 13.7. The van der Waals surface area contributed by atoms with Gasteiger partial charge in [-0.1, -0.05) is 29.0 Å². The van der Waals surface area contributed by atoms with Gasteiger partial charge in [-0.3, -0.25) is 0 Å². The highest BCUT2D eigenvalue weighted by Gasteiger charge is 2.13. The Morgan fingerprint density at radius 2 is 2.05 bits per heavy atom. The second-order valence-electron chi connectivity index (χ2n) is 3.98. The normalized spacial score (nSPS) is 11.0. The zero-order chi connectivity index (χ0) is 14.3. The topological polar surface area (TPSA) is 24.9 Å². The van der Waals surface area contributed by atoms with E-state index in [1.54, 1.807) is 12.1 Å².